The van der Waals surface area contributed by atoms with Gasteiger partial charge in [0.05, 0.1) is 40.0 Å². The summed E-state index contributed by atoms with van der Waals surface area (Å²) in [5.74, 6) is 0. The second-order valence-electron chi connectivity index (χ2n) is 3.53. The summed E-state index contributed by atoms with van der Waals surface area (Å²) in [4.78, 5) is 9.88. The summed E-state index contributed by atoms with van der Waals surface area (Å²) in [5.41, 5.74) is 0. The van der Waals surface area contributed by atoms with E-state index >= 15 is 0 Å². The molecule has 4 nitrogen and oxygen atoms in total. The molecule has 4 fully saturated rings. The van der Waals surface area contributed by atoms with E-state index in [4.69, 9.17) is 0 Å². The molecule has 6 heteroatoms. The van der Waals surface area contributed by atoms with Crippen molar-refractivity contribution in [1.82, 2.24) is 19.6 Å². The SMILES string of the molecule is C1N2CN3CN1CN(C2)C3.Cl.[Co]. The average molecular weight is 236 g/mol. The smallest absolute Gasteiger partial charge is 0.0555 e. The van der Waals surface area contributed by atoms with Crippen molar-refractivity contribution in [2.45, 2.75) is 0 Å². The first kappa shape index (κ1) is 10.7. The minimum Gasteiger partial charge on any atom is -0.264 e. The fraction of sp³-hybridized carbons (Fsp3) is 1.00. The van der Waals surface area contributed by atoms with Crippen LogP contribution in [0.25, 0.3) is 0 Å². The molecule has 0 aromatic rings. The summed E-state index contributed by atoms with van der Waals surface area (Å²) < 4.78 is 0. The van der Waals surface area contributed by atoms with Gasteiger partial charge in [-0.15, -0.1) is 12.4 Å². The van der Waals surface area contributed by atoms with Gasteiger partial charge in [0.25, 0.3) is 0 Å². The fourth-order valence-corrected chi connectivity index (χ4v) is 2.23. The second kappa shape index (κ2) is 3.79. The van der Waals surface area contributed by atoms with Crippen molar-refractivity contribution in [2.24, 2.45) is 0 Å². The van der Waals surface area contributed by atoms with Gasteiger partial charge in [0, 0.05) is 16.8 Å². The van der Waals surface area contributed by atoms with E-state index in [0.717, 1.165) is 0 Å². The minimum atomic E-state index is 0. The molecule has 0 atom stereocenters. The summed E-state index contributed by atoms with van der Waals surface area (Å²) in [6.45, 7) is 7.12. The molecule has 4 aliphatic heterocycles. The molecule has 73 valence electrons. The Morgan fingerprint density at radius 2 is 0.667 bits per heavy atom. The second-order valence-corrected chi connectivity index (χ2v) is 3.53. The third-order valence-electron chi connectivity index (χ3n) is 2.40. The third kappa shape index (κ3) is 1.63. The molecule has 4 aliphatic rings. The van der Waals surface area contributed by atoms with Gasteiger partial charge >= 0.3 is 0 Å². The van der Waals surface area contributed by atoms with Gasteiger partial charge in [-0.05, 0) is 0 Å². The zero-order valence-corrected chi connectivity index (χ0v) is 8.63. The number of halogens is 1. The molecule has 0 amide bonds. The summed E-state index contributed by atoms with van der Waals surface area (Å²) >= 11 is 0. The van der Waals surface area contributed by atoms with Crippen LogP contribution in [0.4, 0.5) is 0 Å². The number of hydrogen-bond donors (Lipinski definition) is 0. The van der Waals surface area contributed by atoms with E-state index in [0.29, 0.717) is 0 Å². The Morgan fingerprint density at radius 3 is 0.833 bits per heavy atom. The molecule has 4 rings (SSSR count). The fourth-order valence-electron chi connectivity index (χ4n) is 2.23. The first-order valence-electron chi connectivity index (χ1n) is 3.79. The minimum absolute atomic E-state index is 0. The van der Waals surface area contributed by atoms with E-state index in [1.807, 2.05) is 0 Å². The van der Waals surface area contributed by atoms with Gasteiger partial charge in [-0.1, -0.05) is 0 Å². The van der Waals surface area contributed by atoms with Gasteiger partial charge < -0.3 is 0 Å². The summed E-state index contributed by atoms with van der Waals surface area (Å²) in [6, 6.07) is 0. The predicted octanol–water partition coefficient (Wildman–Crippen LogP) is -0.601. The maximum absolute atomic E-state index is 2.47. The number of rotatable bonds is 0. The van der Waals surface area contributed by atoms with Crippen molar-refractivity contribution in [3.05, 3.63) is 0 Å². The Bertz CT molecular complexity index is 111. The Labute approximate surface area is 89.1 Å². The van der Waals surface area contributed by atoms with E-state index in [1.165, 1.54) is 40.0 Å². The summed E-state index contributed by atoms with van der Waals surface area (Å²) in [5, 5.41) is 0. The van der Waals surface area contributed by atoms with Crippen LogP contribution < -0.4 is 0 Å². The molecule has 12 heavy (non-hydrogen) atoms. The predicted molar refractivity (Wildman–Crippen MR) is 43.8 cm³/mol. The van der Waals surface area contributed by atoms with Crippen LogP contribution in [0.1, 0.15) is 0 Å². The van der Waals surface area contributed by atoms with Gasteiger partial charge in [-0.3, -0.25) is 19.6 Å². The normalized spacial score (nSPS) is 48.0. The molecular formula is C6H13ClCoN4. The number of hydrogen-bond acceptors (Lipinski definition) is 4. The zero-order chi connectivity index (χ0) is 6.55. The Balaban J connectivity index is 0.000000360. The third-order valence-corrected chi connectivity index (χ3v) is 2.40. The Hall–Kier alpha value is 0.636. The largest absolute Gasteiger partial charge is 0.264 e. The molecule has 4 heterocycles. The van der Waals surface area contributed by atoms with Crippen LogP contribution in [0.2, 0.25) is 0 Å². The maximum Gasteiger partial charge on any atom is 0.0555 e. The Morgan fingerprint density at radius 1 is 0.500 bits per heavy atom. The van der Waals surface area contributed by atoms with Crippen LogP contribution in [0.5, 0.6) is 0 Å². The van der Waals surface area contributed by atoms with E-state index in [-0.39, 0.29) is 29.2 Å². The van der Waals surface area contributed by atoms with E-state index in [2.05, 4.69) is 19.6 Å². The molecule has 0 unspecified atom stereocenters. The molecule has 0 aromatic carbocycles. The molecule has 0 N–H and O–H groups in total. The van der Waals surface area contributed by atoms with Crippen LogP contribution in [0.3, 0.4) is 0 Å². The topological polar surface area (TPSA) is 13.0 Å². The van der Waals surface area contributed by atoms with Crippen molar-refractivity contribution in [3.63, 3.8) is 0 Å². The summed E-state index contributed by atoms with van der Waals surface area (Å²) in [6.07, 6.45) is 0. The standard InChI is InChI=1S/C6H12N4.ClH.Co/c1-7-2-9-4-8(1)5-10(3-7)6-9;;/h1-6H2;1H;. The zero-order valence-electron chi connectivity index (χ0n) is 6.77. The quantitative estimate of drug-likeness (QED) is 0.556. The monoisotopic (exact) mass is 235 g/mol. The van der Waals surface area contributed by atoms with Crippen molar-refractivity contribution in [2.75, 3.05) is 40.0 Å². The van der Waals surface area contributed by atoms with Crippen LogP contribution >= 0.6 is 12.4 Å². The van der Waals surface area contributed by atoms with Crippen LogP contribution in [-0.2, 0) is 16.8 Å². The molecule has 0 aliphatic carbocycles. The Kier molecular flexibility index (Phi) is 3.38. The maximum atomic E-state index is 2.47. The molecular weight excluding hydrogens is 222 g/mol. The molecule has 4 bridgehead atoms. The molecule has 1 radical (unpaired) electrons. The van der Waals surface area contributed by atoms with Crippen LogP contribution in [0, 0.1) is 0 Å². The van der Waals surface area contributed by atoms with Gasteiger partial charge in [0.15, 0.2) is 0 Å². The van der Waals surface area contributed by atoms with Gasteiger partial charge in [-0.25, -0.2) is 0 Å². The van der Waals surface area contributed by atoms with E-state index in [1.54, 1.807) is 0 Å². The van der Waals surface area contributed by atoms with Gasteiger partial charge in [0.2, 0.25) is 0 Å². The molecule has 0 saturated carbocycles. The molecule has 0 aromatic heterocycles. The van der Waals surface area contributed by atoms with Crippen molar-refractivity contribution in [1.29, 1.82) is 0 Å². The van der Waals surface area contributed by atoms with E-state index in [9.17, 15) is 0 Å². The van der Waals surface area contributed by atoms with E-state index < -0.39 is 0 Å². The first-order chi connectivity index (χ1) is 4.90. The number of nitrogens with zero attached hydrogens (tertiary/aromatic N) is 4. The van der Waals surface area contributed by atoms with Crippen LogP contribution in [-0.4, -0.2) is 59.6 Å². The average Bonchev–Trinajstić information content (AvgIpc) is 1.82. The van der Waals surface area contributed by atoms with Crippen molar-refractivity contribution < 1.29 is 16.8 Å². The molecule has 4 saturated heterocycles. The van der Waals surface area contributed by atoms with Crippen molar-refractivity contribution >= 4 is 12.4 Å². The van der Waals surface area contributed by atoms with Crippen LogP contribution in [0.15, 0.2) is 0 Å². The van der Waals surface area contributed by atoms with Gasteiger partial charge in [0.1, 0.15) is 0 Å². The molecule has 0 spiro atoms. The first-order valence-corrected chi connectivity index (χ1v) is 3.79. The summed E-state index contributed by atoms with van der Waals surface area (Å²) in [7, 11) is 0. The van der Waals surface area contributed by atoms with Crippen molar-refractivity contribution in [3.8, 4) is 0 Å². The van der Waals surface area contributed by atoms with Gasteiger partial charge in [-0.2, -0.15) is 0 Å².